The number of ether oxygens (including phenoxy) is 1. The van der Waals surface area contributed by atoms with Crippen molar-refractivity contribution in [2.24, 2.45) is 4.99 Å². The van der Waals surface area contributed by atoms with Crippen molar-refractivity contribution in [2.45, 2.75) is 13.3 Å². The molecule has 27 heavy (non-hydrogen) atoms. The smallest absolute Gasteiger partial charge is 0.192 e. The molecule has 1 aliphatic heterocycles. The van der Waals surface area contributed by atoms with Crippen LogP contribution in [0.5, 0.6) is 5.75 Å². The van der Waals surface area contributed by atoms with Crippen LogP contribution in [-0.4, -0.2) is 70.3 Å². The van der Waals surface area contributed by atoms with E-state index in [0.717, 1.165) is 63.9 Å². The maximum absolute atomic E-state index is 5.28. The van der Waals surface area contributed by atoms with Crippen LogP contribution in [-0.2, 0) is 0 Å². The van der Waals surface area contributed by atoms with E-state index in [1.165, 1.54) is 5.69 Å². The Morgan fingerprint density at radius 2 is 1.89 bits per heavy atom. The first-order valence-corrected chi connectivity index (χ1v) is 9.33. The van der Waals surface area contributed by atoms with E-state index in [1.54, 1.807) is 7.11 Å². The molecule has 1 heterocycles. The number of anilines is 1. The number of terminal acetylenes is 1. The summed E-state index contributed by atoms with van der Waals surface area (Å²) in [4.78, 5) is 9.51. The second kappa shape index (κ2) is 13.5. The molecule has 1 fully saturated rings. The van der Waals surface area contributed by atoms with Gasteiger partial charge in [-0.3, -0.25) is 9.89 Å². The lowest BCUT2D eigenvalue weighted by atomic mass is 10.2. The number of rotatable bonds is 8. The van der Waals surface area contributed by atoms with Crippen molar-refractivity contribution in [3.05, 3.63) is 24.3 Å². The Labute approximate surface area is 180 Å². The van der Waals surface area contributed by atoms with Crippen LogP contribution in [0.3, 0.4) is 0 Å². The summed E-state index contributed by atoms with van der Waals surface area (Å²) in [5.41, 5.74) is 1.27. The quantitative estimate of drug-likeness (QED) is 0.194. The summed E-state index contributed by atoms with van der Waals surface area (Å²) in [6, 6.07) is 8.31. The topological polar surface area (TPSA) is 52.1 Å². The zero-order chi connectivity index (χ0) is 18.6. The van der Waals surface area contributed by atoms with Crippen LogP contribution >= 0.6 is 24.0 Å². The number of benzene rings is 1. The van der Waals surface area contributed by atoms with Crippen molar-refractivity contribution < 1.29 is 4.74 Å². The predicted octanol–water partition coefficient (Wildman–Crippen LogP) is 2.01. The predicted molar refractivity (Wildman–Crippen MR) is 124 cm³/mol. The minimum absolute atomic E-state index is 0. The van der Waals surface area contributed by atoms with Crippen molar-refractivity contribution in [1.29, 1.82) is 0 Å². The highest BCUT2D eigenvalue weighted by Gasteiger charge is 2.16. The molecule has 7 heteroatoms. The largest absolute Gasteiger partial charge is 0.497 e. The summed E-state index contributed by atoms with van der Waals surface area (Å²) in [6.07, 6.45) is 6.33. The summed E-state index contributed by atoms with van der Waals surface area (Å²) < 4.78 is 5.23. The third-order valence-corrected chi connectivity index (χ3v) is 4.41. The molecule has 2 rings (SSSR count). The number of nitrogens with zero attached hydrogens (tertiary/aromatic N) is 3. The standard InChI is InChI=1S/C20H31N5O.HI/c1-4-11-22-20(21-5-2)23-12-6-13-24-14-16-25(17-15-24)18-7-9-19(26-3)10-8-18;/h1,7-10H,5-6,11-17H2,2-3H3,(H2,21,22,23);1H. The molecule has 0 unspecified atom stereocenters. The maximum atomic E-state index is 5.28. The van der Waals surface area contributed by atoms with Gasteiger partial charge in [-0.15, -0.1) is 30.4 Å². The van der Waals surface area contributed by atoms with Gasteiger partial charge in [0, 0.05) is 51.5 Å². The molecule has 0 amide bonds. The van der Waals surface area contributed by atoms with Crippen LogP contribution < -0.4 is 20.3 Å². The summed E-state index contributed by atoms with van der Waals surface area (Å²) in [5.74, 6) is 4.28. The van der Waals surface area contributed by atoms with E-state index in [9.17, 15) is 0 Å². The average molecular weight is 485 g/mol. The second-order valence-corrected chi connectivity index (χ2v) is 6.20. The zero-order valence-corrected chi connectivity index (χ0v) is 18.7. The Hall–Kier alpha value is -1.66. The van der Waals surface area contributed by atoms with E-state index in [2.05, 4.69) is 50.4 Å². The molecule has 0 atom stereocenters. The number of piperazine rings is 1. The van der Waals surface area contributed by atoms with E-state index in [1.807, 2.05) is 12.1 Å². The number of methoxy groups -OCH3 is 1. The fourth-order valence-electron chi connectivity index (χ4n) is 2.98. The van der Waals surface area contributed by atoms with Crippen molar-refractivity contribution in [1.82, 2.24) is 15.5 Å². The SMILES string of the molecule is C#CCNC(=NCCCN1CCN(c2ccc(OC)cc2)CC1)NCC.I. The van der Waals surface area contributed by atoms with Crippen molar-refractivity contribution >= 4 is 35.6 Å². The molecular formula is C20H32IN5O. The molecule has 1 aromatic rings. The molecule has 0 aromatic heterocycles. The second-order valence-electron chi connectivity index (χ2n) is 6.20. The van der Waals surface area contributed by atoms with E-state index < -0.39 is 0 Å². The van der Waals surface area contributed by atoms with Gasteiger partial charge in [0.25, 0.3) is 0 Å². The molecule has 2 N–H and O–H groups in total. The van der Waals surface area contributed by atoms with E-state index in [-0.39, 0.29) is 24.0 Å². The number of nitrogens with one attached hydrogen (secondary N) is 2. The number of hydrogen-bond donors (Lipinski definition) is 2. The third kappa shape index (κ3) is 8.26. The molecule has 1 aliphatic rings. The van der Waals surface area contributed by atoms with E-state index >= 15 is 0 Å². The van der Waals surface area contributed by atoms with Gasteiger partial charge < -0.3 is 20.3 Å². The molecule has 0 radical (unpaired) electrons. The van der Waals surface area contributed by atoms with Gasteiger partial charge in [-0.1, -0.05) is 5.92 Å². The van der Waals surface area contributed by atoms with Gasteiger partial charge >= 0.3 is 0 Å². The molecule has 1 aromatic carbocycles. The molecule has 0 saturated carbocycles. The Balaban J connectivity index is 0.00000364. The first-order valence-electron chi connectivity index (χ1n) is 9.33. The van der Waals surface area contributed by atoms with Gasteiger partial charge in [0.05, 0.1) is 13.7 Å². The molecule has 0 spiro atoms. The Morgan fingerprint density at radius 1 is 1.19 bits per heavy atom. The Kier molecular flexibility index (Phi) is 11.7. The maximum Gasteiger partial charge on any atom is 0.192 e. The number of aliphatic imine (C=N–C) groups is 1. The van der Waals surface area contributed by atoms with Gasteiger partial charge in [0.2, 0.25) is 0 Å². The van der Waals surface area contributed by atoms with Crippen LogP contribution in [0.15, 0.2) is 29.3 Å². The van der Waals surface area contributed by atoms with Crippen molar-refractivity contribution in [2.75, 3.05) is 64.4 Å². The van der Waals surface area contributed by atoms with Crippen LogP contribution in [0.4, 0.5) is 5.69 Å². The molecular weight excluding hydrogens is 453 g/mol. The summed E-state index contributed by atoms with van der Waals surface area (Å²) >= 11 is 0. The summed E-state index contributed by atoms with van der Waals surface area (Å²) in [7, 11) is 1.70. The monoisotopic (exact) mass is 485 g/mol. The molecule has 0 aliphatic carbocycles. The highest BCUT2D eigenvalue weighted by molar-refractivity contribution is 14.0. The van der Waals surface area contributed by atoms with Crippen molar-refractivity contribution in [3.63, 3.8) is 0 Å². The van der Waals surface area contributed by atoms with Crippen LogP contribution in [0.25, 0.3) is 0 Å². The fraction of sp³-hybridized carbons (Fsp3) is 0.550. The minimum Gasteiger partial charge on any atom is -0.497 e. The van der Waals surface area contributed by atoms with Gasteiger partial charge in [0.15, 0.2) is 5.96 Å². The number of guanidine groups is 1. The number of hydrogen-bond acceptors (Lipinski definition) is 4. The number of halogens is 1. The van der Waals surface area contributed by atoms with Gasteiger partial charge in [-0.25, -0.2) is 0 Å². The molecule has 150 valence electrons. The van der Waals surface area contributed by atoms with E-state index in [4.69, 9.17) is 11.2 Å². The molecule has 1 saturated heterocycles. The van der Waals surface area contributed by atoms with Crippen LogP contribution in [0.1, 0.15) is 13.3 Å². The Bertz CT molecular complexity index is 591. The highest BCUT2D eigenvalue weighted by atomic mass is 127. The van der Waals surface area contributed by atoms with Crippen molar-refractivity contribution in [3.8, 4) is 18.1 Å². The Morgan fingerprint density at radius 3 is 2.48 bits per heavy atom. The first kappa shape index (κ1) is 23.4. The van der Waals surface area contributed by atoms with Gasteiger partial charge in [0.1, 0.15) is 5.75 Å². The average Bonchev–Trinajstić information content (AvgIpc) is 2.70. The normalized spacial score (nSPS) is 14.9. The molecule has 6 nitrogen and oxygen atoms in total. The van der Waals surface area contributed by atoms with Crippen LogP contribution in [0.2, 0.25) is 0 Å². The van der Waals surface area contributed by atoms with Gasteiger partial charge in [-0.05, 0) is 37.6 Å². The summed E-state index contributed by atoms with van der Waals surface area (Å²) in [5, 5.41) is 6.32. The lowest BCUT2D eigenvalue weighted by Gasteiger charge is -2.36. The fourth-order valence-corrected chi connectivity index (χ4v) is 2.98. The first-order chi connectivity index (χ1) is 12.8. The minimum atomic E-state index is 0. The van der Waals surface area contributed by atoms with Crippen LogP contribution in [0, 0.1) is 12.3 Å². The van der Waals surface area contributed by atoms with E-state index in [0.29, 0.717) is 6.54 Å². The molecule has 0 bridgehead atoms. The van der Waals surface area contributed by atoms with Gasteiger partial charge in [-0.2, -0.15) is 0 Å². The highest BCUT2D eigenvalue weighted by Crippen LogP contribution is 2.20. The summed E-state index contributed by atoms with van der Waals surface area (Å²) in [6.45, 7) is 9.56. The third-order valence-electron chi connectivity index (χ3n) is 4.41. The lowest BCUT2D eigenvalue weighted by molar-refractivity contribution is 0.256. The zero-order valence-electron chi connectivity index (χ0n) is 16.4. The lowest BCUT2D eigenvalue weighted by Crippen LogP contribution is -2.46.